The van der Waals surface area contributed by atoms with Crippen molar-refractivity contribution < 1.29 is 17.2 Å². The second kappa shape index (κ2) is 5.64. The minimum atomic E-state index is -4.24. The van der Waals surface area contributed by atoms with Crippen molar-refractivity contribution in [2.24, 2.45) is 0 Å². The number of benzene rings is 1. The summed E-state index contributed by atoms with van der Waals surface area (Å²) < 4.78 is 52.5. The molecule has 0 aliphatic rings. The molecule has 0 saturated heterocycles. The van der Waals surface area contributed by atoms with Crippen LogP contribution < -0.4 is 0 Å². The van der Waals surface area contributed by atoms with Crippen LogP contribution in [0.3, 0.4) is 0 Å². The van der Waals surface area contributed by atoms with E-state index < -0.39 is 26.6 Å². The number of pyridine rings is 1. The fourth-order valence-corrected chi connectivity index (χ4v) is 2.98. The quantitative estimate of drug-likeness (QED) is 0.869. The number of aromatic nitrogens is 1. The molecule has 4 nitrogen and oxygen atoms in total. The molecule has 0 bridgehead atoms. The van der Waals surface area contributed by atoms with E-state index in [1.807, 2.05) is 0 Å². The summed E-state index contributed by atoms with van der Waals surface area (Å²) in [5.74, 6) is -2.22. The molecule has 0 aliphatic carbocycles. The van der Waals surface area contributed by atoms with Crippen molar-refractivity contribution in [3.8, 4) is 0 Å². The minimum absolute atomic E-state index is 0.0239. The lowest BCUT2D eigenvalue weighted by molar-refractivity contribution is 0.447. The Labute approximate surface area is 115 Å². The Morgan fingerprint density at radius 3 is 2.35 bits per heavy atom. The monoisotopic (exact) mass is 298 g/mol. The molecule has 2 aromatic rings. The zero-order chi connectivity index (χ0) is 14.8. The number of sulfonamides is 1. The molecule has 106 valence electrons. The van der Waals surface area contributed by atoms with E-state index in [9.17, 15) is 17.2 Å². The molecular formula is C13H12F2N2O2S. The molecule has 0 unspecified atom stereocenters. The number of hydrogen-bond acceptors (Lipinski definition) is 3. The average Bonchev–Trinajstić information content (AvgIpc) is 2.39. The summed E-state index contributed by atoms with van der Waals surface area (Å²) in [7, 11) is -2.98. The van der Waals surface area contributed by atoms with Crippen LogP contribution in [-0.4, -0.2) is 24.8 Å². The van der Waals surface area contributed by atoms with E-state index in [4.69, 9.17) is 0 Å². The van der Waals surface area contributed by atoms with Crippen molar-refractivity contribution >= 4 is 10.0 Å². The van der Waals surface area contributed by atoms with Crippen LogP contribution in [0.25, 0.3) is 0 Å². The fraction of sp³-hybridized carbons (Fsp3) is 0.154. The van der Waals surface area contributed by atoms with E-state index in [-0.39, 0.29) is 6.54 Å². The first-order valence-corrected chi connectivity index (χ1v) is 7.16. The van der Waals surface area contributed by atoms with Crippen LogP contribution in [-0.2, 0) is 16.6 Å². The summed E-state index contributed by atoms with van der Waals surface area (Å²) in [5.41, 5.74) is 0.621. The molecule has 0 fully saturated rings. The van der Waals surface area contributed by atoms with Gasteiger partial charge in [0.1, 0.15) is 11.6 Å². The molecule has 0 radical (unpaired) electrons. The smallest absolute Gasteiger partial charge is 0.248 e. The van der Waals surface area contributed by atoms with Gasteiger partial charge in [0.05, 0.1) is 0 Å². The van der Waals surface area contributed by atoms with Gasteiger partial charge in [-0.2, -0.15) is 4.31 Å². The Morgan fingerprint density at radius 2 is 1.80 bits per heavy atom. The molecule has 0 atom stereocenters. The molecule has 1 heterocycles. The highest BCUT2D eigenvalue weighted by Crippen LogP contribution is 2.22. The van der Waals surface area contributed by atoms with Gasteiger partial charge in [0.15, 0.2) is 4.90 Å². The molecular weight excluding hydrogens is 286 g/mol. The maximum absolute atomic E-state index is 13.6. The Morgan fingerprint density at radius 1 is 1.15 bits per heavy atom. The van der Waals surface area contributed by atoms with Crippen LogP contribution in [0, 0.1) is 11.6 Å². The summed E-state index contributed by atoms with van der Waals surface area (Å²) in [5, 5.41) is 0. The molecule has 1 aromatic heterocycles. The topological polar surface area (TPSA) is 50.3 Å². The summed E-state index contributed by atoms with van der Waals surface area (Å²) in [6.07, 6.45) is 3.04. The Hall–Kier alpha value is -1.86. The molecule has 1 aromatic carbocycles. The maximum atomic E-state index is 13.6. The molecule has 0 aliphatic heterocycles. The zero-order valence-electron chi connectivity index (χ0n) is 10.6. The lowest BCUT2D eigenvalue weighted by Crippen LogP contribution is -2.28. The lowest BCUT2D eigenvalue weighted by Gasteiger charge is -2.17. The van der Waals surface area contributed by atoms with Gasteiger partial charge in [0.25, 0.3) is 0 Å². The largest absolute Gasteiger partial charge is 0.264 e. The minimum Gasteiger partial charge on any atom is -0.264 e. The van der Waals surface area contributed by atoms with Crippen molar-refractivity contribution in [1.82, 2.24) is 9.29 Å². The van der Waals surface area contributed by atoms with E-state index in [1.54, 1.807) is 18.3 Å². The first kappa shape index (κ1) is 14.5. The molecule has 2 rings (SSSR count). The second-order valence-corrected chi connectivity index (χ2v) is 6.15. The first-order chi connectivity index (χ1) is 9.43. The van der Waals surface area contributed by atoms with E-state index in [0.29, 0.717) is 5.56 Å². The van der Waals surface area contributed by atoms with Gasteiger partial charge in [0.2, 0.25) is 10.0 Å². The van der Waals surface area contributed by atoms with Gasteiger partial charge in [-0.05, 0) is 23.8 Å². The third-order valence-corrected chi connectivity index (χ3v) is 4.57. The Kier molecular flexibility index (Phi) is 4.10. The Bertz CT molecular complexity index is 685. The number of rotatable bonds is 4. The van der Waals surface area contributed by atoms with E-state index in [0.717, 1.165) is 22.5 Å². The van der Waals surface area contributed by atoms with Crippen LogP contribution in [0.15, 0.2) is 47.6 Å². The second-order valence-electron chi connectivity index (χ2n) is 4.17. The van der Waals surface area contributed by atoms with Crippen molar-refractivity contribution in [3.05, 3.63) is 59.9 Å². The molecule has 20 heavy (non-hydrogen) atoms. The fourth-order valence-electron chi connectivity index (χ4n) is 1.72. The van der Waals surface area contributed by atoms with Crippen molar-refractivity contribution in [1.29, 1.82) is 0 Å². The normalized spacial score (nSPS) is 11.8. The van der Waals surface area contributed by atoms with Crippen molar-refractivity contribution in [2.75, 3.05) is 7.05 Å². The summed E-state index contributed by atoms with van der Waals surface area (Å²) in [6.45, 7) is -0.0239. The first-order valence-electron chi connectivity index (χ1n) is 5.72. The summed E-state index contributed by atoms with van der Waals surface area (Å²) in [6, 6.07) is 6.27. The highest BCUT2D eigenvalue weighted by molar-refractivity contribution is 7.89. The molecule has 7 heteroatoms. The molecule has 0 amide bonds. The number of halogens is 2. The number of hydrogen-bond donors (Lipinski definition) is 0. The van der Waals surface area contributed by atoms with Crippen LogP contribution in [0.5, 0.6) is 0 Å². The standard InChI is InChI=1S/C13H12F2N2O2S/c1-17(9-10-4-3-7-16-8-10)20(18,19)13-11(14)5-2-6-12(13)15/h2-8H,9H2,1H3. The average molecular weight is 298 g/mol. The zero-order valence-corrected chi connectivity index (χ0v) is 11.4. The molecule has 0 saturated carbocycles. The summed E-state index contributed by atoms with van der Waals surface area (Å²) in [4.78, 5) is 2.92. The van der Waals surface area contributed by atoms with Crippen LogP contribution in [0.4, 0.5) is 8.78 Å². The van der Waals surface area contributed by atoms with E-state index in [2.05, 4.69) is 4.98 Å². The SMILES string of the molecule is CN(Cc1cccnc1)S(=O)(=O)c1c(F)cccc1F. The van der Waals surface area contributed by atoms with Gasteiger partial charge in [-0.15, -0.1) is 0 Å². The Balaban J connectivity index is 2.35. The van der Waals surface area contributed by atoms with Crippen LogP contribution in [0.1, 0.15) is 5.56 Å². The van der Waals surface area contributed by atoms with Gasteiger partial charge in [-0.3, -0.25) is 4.98 Å². The lowest BCUT2D eigenvalue weighted by atomic mass is 10.3. The van der Waals surface area contributed by atoms with Crippen LogP contribution in [0.2, 0.25) is 0 Å². The van der Waals surface area contributed by atoms with Gasteiger partial charge >= 0.3 is 0 Å². The third-order valence-electron chi connectivity index (χ3n) is 2.72. The molecule has 0 spiro atoms. The highest BCUT2D eigenvalue weighted by Gasteiger charge is 2.28. The van der Waals surface area contributed by atoms with Gasteiger partial charge in [-0.1, -0.05) is 12.1 Å². The van der Waals surface area contributed by atoms with Gasteiger partial charge < -0.3 is 0 Å². The van der Waals surface area contributed by atoms with E-state index >= 15 is 0 Å². The summed E-state index contributed by atoms with van der Waals surface area (Å²) >= 11 is 0. The highest BCUT2D eigenvalue weighted by atomic mass is 32.2. The maximum Gasteiger partial charge on any atom is 0.248 e. The van der Waals surface area contributed by atoms with Crippen LogP contribution >= 0.6 is 0 Å². The van der Waals surface area contributed by atoms with E-state index in [1.165, 1.54) is 13.2 Å². The van der Waals surface area contributed by atoms with Gasteiger partial charge in [-0.25, -0.2) is 17.2 Å². The van der Waals surface area contributed by atoms with Crippen molar-refractivity contribution in [2.45, 2.75) is 11.4 Å². The van der Waals surface area contributed by atoms with Crippen molar-refractivity contribution in [3.63, 3.8) is 0 Å². The predicted molar refractivity (Wildman–Crippen MR) is 69.2 cm³/mol. The third kappa shape index (κ3) is 2.83. The van der Waals surface area contributed by atoms with Gasteiger partial charge in [0, 0.05) is 26.0 Å². The molecule has 0 N–H and O–H groups in total. The predicted octanol–water partition coefficient (Wildman–Crippen LogP) is 2.18. The number of nitrogens with zero attached hydrogens (tertiary/aromatic N) is 2.